The van der Waals surface area contributed by atoms with E-state index in [-0.39, 0.29) is 5.91 Å². The Kier molecular flexibility index (Phi) is 3.39. The van der Waals surface area contributed by atoms with Gasteiger partial charge in [0.1, 0.15) is 0 Å². The molecule has 4 rings (SSSR count). The highest BCUT2D eigenvalue weighted by atomic mass is 79.9. The van der Waals surface area contributed by atoms with Gasteiger partial charge in [-0.25, -0.2) is 0 Å². The molecule has 23 heavy (non-hydrogen) atoms. The largest absolute Gasteiger partial charge is 0.355 e. The van der Waals surface area contributed by atoms with Crippen LogP contribution in [-0.4, -0.2) is 10.9 Å². The zero-order valence-electron chi connectivity index (χ0n) is 12.1. The summed E-state index contributed by atoms with van der Waals surface area (Å²) in [5, 5.41) is 5.22. The van der Waals surface area contributed by atoms with Crippen molar-refractivity contribution in [2.75, 3.05) is 5.32 Å². The normalized spacial score (nSPS) is 11.0. The van der Waals surface area contributed by atoms with Crippen molar-refractivity contribution >= 4 is 49.3 Å². The molecule has 1 aromatic heterocycles. The van der Waals surface area contributed by atoms with Crippen LogP contribution < -0.4 is 5.32 Å². The van der Waals surface area contributed by atoms with Crippen LogP contribution in [0.25, 0.3) is 21.8 Å². The van der Waals surface area contributed by atoms with Crippen molar-refractivity contribution in [3.63, 3.8) is 0 Å². The summed E-state index contributed by atoms with van der Waals surface area (Å²) in [5.41, 5.74) is 3.58. The number of amides is 1. The molecule has 0 bridgehead atoms. The molecule has 3 nitrogen and oxygen atoms in total. The summed E-state index contributed by atoms with van der Waals surface area (Å²) >= 11 is 3.37. The number of aromatic nitrogens is 1. The summed E-state index contributed by atoms with van der Waals surface area (Å²) in [4.78, 5) is 15.7. The van der Waals surface area contributed by atoms with Crippen LogP contribution in [0.3, 0.4) is 0 Å². The van der Waals surface area contributed by atoms with Crippen molar-refractivity contribution in [1.29, 1.82) is 0 Å². The summed E-state index contributed by atoms with van der Waals surface area (Å²) in [6.45, 7) is 0. The highest BCUT2D eigenvalue weighted by molar-refractivity contribution is 9.10. The molecule has 2 N–H and O–H groups in total. The number of hydrogen-bond donors (Lipinski definition) is 2. The number of carbonyl (C=O) groups is 1. The van der Waals surface area contributed by atoms with E-state index in [1.54, 1.807) is 12.1 Å². The summed E-state index contributed by atoms with van der Waals surface area (Å²) in [7, 11) is 0. The SMILES string of the molecule is O=C(Nc1ccc2[nH]c3ccccc3c2c1)c1ccc(Br)cc1. The number of aromatic amines is 1. The first-order chi connectivity index (χ1) is 11.2. The number of halogens is 1. The fourth-order valence-electron chi connectivity index (χ4n) is 2.73. The van der Waals surface area contributed by atoms with Crippen molar-refractivity contribution in [2.45, 2.75) is 0 Å². The molecule has 0 saturated carbocycles. The van der Waals surface area contributed by atoms with Gasteiger partial charge >= 0.3 is 0 Å². The molecular formula is C19H13BrN2O. The quantitative estimate of drug-likeness (QED) is 0.495. The van der Waals surface area contributed by atoms with Crippen molar-refractivity contribution in [3.8, 4) is 0 Å². The van der Waals surface area contributed by atoms with E-state index in [2.05, 4.69) is 38.4 Å². The molecule has 0 atom stereocenters. The van der Waals surface area contributed by atoms with Gasteiger partial charge in [-0.1, -0.05) is 34.1 Å². The lowest BCUT2D eigenvalue weighted by Crippen LogP contribution is -2.11. The average molecular weight is 365 g/mol. The van der Waals surface area contributed by atoms with Crippen molar-refractivity contribution in [1.82, 2.24) is 4.98 Å². The molecule has 0 spiro atoms. The van der Waals surface area contributed by atoms with Crippen molar-refractivity contribution in [3.05, 3.63) is 76.8 Å². The smallest absolute Gasteiger partial charge is 0.255 e. The van der Waals surface area contributed by atoms with Crippen LogP contribution in [0.4, 0.5) is 5.69 Å². The van der Waals surface area contributed by atoms with E-state index in [0.717, 1.165) is 32.0 Å². The third-order valence-corrected chi connectivity index (χ3v) is 4.40. The molecule has 3 aromatic carbocycles. The van der Waals surface area contributed by atoms with Gasteiger partial charge in [0.25, 0.3) is 5.91 Å². The molecule has 0 aliphatic rings. The van der Waals surface area contributed by atoms with Gasteiger partial charge in [0.15, 0.2) is 0 Å². The number of rotatable bonds is 2. The van der Waals surface area contributed by atoms with Crippen LogP contribution in [0.1, 0.15) is 10.4 Å². The molecule has 0 unspecified atom stereocenters. The predicted molar refractivity (Wildman–Crippen MR) is 97.9 cm³/mol. The number of benzene rings is 3. The Bertz CT molecular complexity index is 1020. The second-order valence-corrected chi connectivity index (χ2v) is 6.31. The highest BCUT2D eigenvalue weighted by Gasteiger charge is 2.08. The second-order valence-electron chi connectivity index (χ2n) is 5.39. The standard InChI is InChI=1S/C19H13BrN2O/c20-13-7-5-12(6-8-13)19(23)21-14-9-10-18-16(11-14)15-3-1-2-4-17(15)22-18/h1-11,22H,(H,21,23). The lowest BCUT2D eigenvalue weighted by atomic mass is 10.1. The second kappa shape index (κ2) is 5.56. The summed E-state index contributed by atoms with van der Waals surface area (Å²) in [6.07, 6.45) is 0. The molecule has 0 aliphatic carbocycles. The number of H-pyrrole nitrogens is 1. The number of fused-ring (bicyclic) bond motifs is 3. The van der Waals surface area contributed by atoms with E-state index in [1.807, 2.05) is 42.5 Å². The Balaban J connectivity index is 1.70. The Labute approximate surface area is 141 Å². The number of anilines is 1. The first-order valence-corrected chi connectivity index (χ1v) is 8.07. The molecule has 1 heterocycles. The van der Waals surface area contributed by atoms with Gasteiger partial charge in [0.05, 0.1) is 0 Å². The Morgan fingerprint density at radius 2 is 1.61 bits per heavy atom. The fraction of sp³-hybridized carbons (Fsp3) is 0. The maximum absolute atomic E-state index is 12.3. The number of hydrogen-bond acceptors (Lipinski definition) is 1. The Morgan fingerprint density at radius 1 is 0.870 bits per heavy atom. The summed E-state index contributed by atoms with van der Waals surface area (Å²) < 4.78 is 0.953. The third-order valence-electron chi connectivity index (χ3n) is 3.87. The minimum Gasteiger partial charge on any atom is -0.355 e. The average Bonchev–Trinajstić information content (AvgIpc) is 2.93. The van der Waals surface area contributed by atoms with E-state index in [4.69, 9.17) is 0 Å². The van der Waals surface area contributed by atoms with Crippen LogP contribution in [0.5, 0.6) is 0 Å². The molecular weight excluding hydrogens is 352 g/mol. The van der Waals surface area contributed by atoms with Gasteiger partial charge in [-0.05, 0) is 48.5 Å². The Morgan fingerprint density at radius 3 is 2.43 bits per heavy atom. The lowest BCUT2D eigenvalue weighted by molar-refractivity contribution is 0.102. The summed E-state index contributed by atoms with van der Waals surface area (Å²) in [5.74, 6) is -0.114. The topological polar surface area (TPSA) is 44.9 Å². The zero-order valence-corrected chi connectivity index (χ0v) is 13.7. The molecule has 1 amide bonds. The van der Waals surface area contributed by atoms with Gasteiger partial charge < -0.3 is 10.3 Å². The predicted octanol–water partition coefficient (Wildman–Crippen LogP) is 5.34. The van der Waals surface area contributed by atoms with E-state index < -0.39 is 0 Å². The number of para-hydroxylation sites is 1. The highest BCUT2D eigenvalue weighted by Crippen LogP contribution is 2.27. The number of nitrogens with one attached hydrogen (secondary N) is 2. The van der Waals surface area contributed by atoms with E-state index in [9.17, 15) is 4.79 Å². The van der Waals surface area contributed by atoms with E-state index in [0.29, 0.717) is 5.56 Å². The molecule has 4 aromatic rings. The van der Waals surface area contributed by atoms with Crippen LogP contribution >= 0.6 is 15.9 Å². The van der Waals surface area contributed by atoms with E-state index in [1.165, 1.54) is 0 Å². The van der Waals surface area contributed by atoms with Crippen LogP contribution in [0.2, 0.25) is 0 Å². The van der Waals surface area contributed by atoms with Crippen LogP contribution in [0.15, 0.2) is 71.2 Å². The van der Waals surface area contributed by atoms with Crippen LogP contribution in [-0.2, 0) is 0 Å². The van der Waals surface area contributed by atoms with E-state index >= 15 is 0 Å². The Hall–Kier alpha value is -2.59. The minimum absolute atomic E-state index is 0.114. The first kappa shape index (κ1) is 14.0. The van der Waals surface area contributed by atoms with Gasteiger partial charge in [0, 0.05) is 37.5 Å². The molecule has 4 heteroatoms. The van der Waals surface area contributed by atoms with Gasteiger partial charge in [-0.3, -0.25) is 4.79 Å². The van der Waals surface area contributed by atoms with Crippen LogP contribution in [0, 0.1) is 0 Å². The minimum atomic E-state index is -0.114. The maximum Gasteiger partial charge on any atom is 0.255 e. The molecule has 0 saturated heterocycles. The molecule has 0 aliphatic heterocycles. The summed E-state index contributed by atoms with van der Waals surface area (Å²) in [6, 6.07) is 21.4. The molecule has 112 valence electrons. The monoisotopic (exact) mass is 364 g/mol. The van der Waals surface area contributed by atoms with Gasteiger partial charge in [-0.15, -0.1) is 0 Å². The molecule has 0 radical (unpaired) electrons. The lowest BCUT2D eigenvalue weighted by Gasteiger charge is -2.06. The maximum atomic E-state index is 12.3. The first-order valence-electron chi connectivity index (χ1n) is 7.28. The van der Waals surface area contributed by atoms with Crippen molar-refractivity contribution < 1.29 is 4.79 Å². The van der Waals surface area contributed by atoms with Gasteiger partial charge in [0.2, 0.25) is 0 Å². The third kappa shape index (κ3) is 2.62. The van der Waals surface area contributed by atoms with Gasteiger partial charge in [-0.2, -0.15) is 0 Å². The number of carbonyl (C=O) groups excluding carboxylic acids is 1. The zero-order chi connectivity index (χ0) is 15.8. The van der Waals surface area contributed by atoms with Crippen molar-refractivity contribution in [2.24, 2.45) is 0 Å². The fourth-order valence-corrected chi connectivity index (χ4v) is 2.99. The molecule has 0 fully saturated rings.